The summed E-state index contributed by atoms with van der Waals surface area (Å²) in [6.45, 7) is 0.196. The van der Waals surface area contributed by atoms with E-state index in [0.717, 1.165) is 4.47 Å². The molecule has 4 nitrogen and oxygen atoms in total. The van der Waals surface area contributed by atoms with Crippen molar-refractivity contribution in [2.24, 2.45) is 5.73 Å². The minimum Gasteiger partial charge on any atom is -0.468 e. The topological polar surface area (TPSA) is 65.2 Å². The summed E-state index contributed by atoms with van der Waals surface area (Å²) < 4.78 is 5.48. The van der Waals surface area contributed by atoms with Gasteiger partial charge >= 0.3 is 5.97 Å². The number of hydrogen-bond acceptors (Lipinski definition) is 4. The second-order valence-corrected chi connectivity index (χ2v) is 3.63. The van der Waals surface area contributed by atoms with E-state index in [-0.39, 0.29) is 12.5 Å². The number of carbonyl (C=O) groups excluding carboxylic acids is 1. The van der Waals surface area contributed by atoms with Crippen LogP contribution in [-0.2, 0) is 9.53 Å². The molecule has 1 unspecified atom stereocenters. The van der Waals surface area contributed by atoms with Crippen molar-refractivity contribution in [3.63, 3.8) is 0 Å². The minimum atomic E-state index is -0.479. The van der Waals surface area contributed by atoms with Crippen LogP contribution in [0.2, 0.25) is 0 Å². The molecule has 0 amide bonds. The van der Waals surface area contributed by atoms with Crippen molar-refractivity contribution in [1.82, 2.24) is 4.98 Å². The quantitative estimate of drug-likeness (QED) is 0.824. The standard InChI is InChI=1S/C9H11BrN2O2/c1-14-9(13)7(4-11)8-3-2-6(10)5-12-8/h2-3,5,7H,4,11H2,1H3. The number of nitrogens with two attached hydrogens (primary N) is 1. The average Bonchev–Trinajstić information content (AvgIpc) is 2.21. The van der Waals surface area contributed by atoms with Gasteiger partial charge in [-0.2, -0.15) is 0 Å². The molecule has 0 saturated heterocycles. The van der Waals surface area contributed by atoms with Crippen molar-refractivity contribution in [1.29, 1.82) is 0 Å². The zero-order valence-electron chi connectivity index (χ0n) is 7.74. The number of rotatable bonds is 3. The van der Waals surface area contributed by atoms with Gasteiger partial charge in [0.25, 0.3) is 0 Å². The van der Waals surface area contributed by atoms with Gasteiger partial charge in [0.05, 0.1) is 12.8 Å². The third-order valence-corrected chi connectivity index (χ3v) is 2.30. The molecule has 0 aromatic carbocycles. The van der Waals surface area contributed by atoms with Gasteiger partial charge in [0.2, 0.25) is 0 Å². The molecule has 1 heterocycles. The van der Waals surface area contributed by atoms with E-state index in [4.69, 9.17) is 5.73 Å². The lowest BCUT2D eigenvalue weighted by Gasteiger charge is -2.11. The molecular formula is C9H11BrN2O2. The summed E-state index contributed by atoms with van der Waals surface area (Å²) in [5, 5.41) is 0. The fourth-order valence-electron chi connectivity index (χ4n) is 1.07. The van der Waals surface area contributed by atoms with E-state index in [1.165, 1.54) is 7.11 Å². The Labute approximate surface area is 90.6 Å². The van der Waals surface area contributed by atoms with Gasteiger partial charge in [0.1, 0.15) is 5.92 Å². The van der Waals surface area contributed by atoms with Gasteiger partial charge in [-0.15, -0.1) is 0 Å². The van der Waals surface area contributed by atoms with Crippen molar-refractivity contribution in [3.8, 4) is 0 Å². The minimum absolute atomic E-state index is 0.196. The third-order valence-electron chi connectivity index (χ3n) is 1.83. The zero-order chi connectivity index (χ0) is 10.6. The van der Waals surface area contributed by atoms with E-state index in [0.29, 0.717) is 5.69 Å². The number of hydrogen-bond donors (Lipinski definition) is 1. The highest BCUT2D eigenvalue weighted by Crippen LogP contribution is 2.16. The van der Waals surface area contributed by atoms with Crippen molar-refractivity contribution in [2.45, 2.75) is 5.92 Å². The number of methoxy groups -OCH3 is 1. The molecule has 0 radical (unpaired) electrons. The number of esters is 1. The predicted octanol–water partition coefficient (Wildman–Crippen LogP) is 1.06. The number of halogens is 1. The number of carbonyl (C=O) groups is 1. The van der Waals surface area contributed by atoms with Gasteiger partial charge in [-0.25, -0.2) is 0 Å². The van der Waals surface area contributed by atoms with Crippen LogP contribution in [0.4, 0.5) is 0 Å². The van der Waals surface area contributed by atoms with Crippen LogP contribution in [0.1, 0.15) is 11.6 Å². The molecule has 14 heavy (non-hydrogen) atoms. The fourth-order valence-corrected chi connectivity index (χ4v) is 1.31. The van der Waals surface area contributed by atoms with Gasteiger partial charge in [-0.05, 0) is 28.1 Å². The lowest BCUT2D eigenvalue weighted by molar-refractivity contribution is -0.142. The molecule has 0 fully saturated rings. The van der Waals surface area contributed by atoms with Gasteiger partial charge < -0.3 is 10.5 Å². The summed E-state index contributed by atoms with van der Waals surface area (Å²) in [7, 11) is 1.34. The van der Waals surface area contributed by atoms with E-state index in [1.807, 2.05) is 6.07 Å². The molecular weight excluding hydrogens is 248 g/mol. The first-order valence-electron chi connectivity index (χ1n) is 4.08. The van der Waals surface area contributed by atoms with Gasteiger partial charge in [0.15, 0.2) is 0 Å². The van der Waals surface area contributed by atoms with E-state index < -0.39 is 5.92 Å². The second-order valence-electron chi connectivity index (χ2n) is 2.71. The third kappa shape index (κ3) is 2.52. The zero-order valence-corrected chi connectivity index (χ0v) is 9.32. The van der Waals surface area contributed by atoms with Crippen LogP contribution in [0.15, 0.2) is 22.8 Å². The highest BCUT2D eigenvalue weighted by molar-refractivity contribution is 9.10. The smallest absolute Gasteiger partial charge is 0.316 e. The summed E-state index contributed by atoms with van der Waals surface area (Å²) in [5.74, 6) is -0.838. The van der Waals surface area contributed by atoms with E-state index >= 15 is 0 Å². The first-order valence-corrected chi connectivity index (χ1v) is 4.87. The molecule has 1 atom stereocenters. The normalized spacial score (nSPS) is 12.2. The Hall–Kier alpha value is -0.940. The average molecular weight is 259 g/mol. The molecule has 5 heteroatoms. The molecule has 0 bridgehead atoms. The van der Waals surface area contributed by atoms with Crippen LogP contribution < -0.4 is 5.73 Å². The fraction of sp³-hybridized carbons (Fsp3) is 0.333. The summed E-state index contributed by atoms with van der Waals surface area (Å²) >= 11 is 3.26. The lowest BCUT2D eigenvalue weighted by atomic mass is 10.1. The van der Waals surface area contributed by atoms with Crippen LogP contribution >= 0.6 is 15.9 Å². The summed E-state index contributed by atoms with van der Waals surface area (Å²) in [6, 6.07) is 3.56. The van der Waals surface area contributed by atoms with Crippen molar-refractivity contribution < 1.29 is 9.53 Å². The Morgan fingerprint density at radius 2 is 2.43 bits per heavy atom. The Morgan fingerprint density at radius 3 is 2.86 bits per heavy atom. The highest BCUT2D eigenvalue weighted by Gasteiger charge is 2.20. The molecule has 0 aliphatic carbocycles. The molecule has 1 aromatic rings. The Kier molecular flexibility index (Phi) is 4.03. The largest absolute Gasteiger partial charge is 0.468 e. The molecule has 76 valence electrons. The lowest BCUT2D eigenvalue weighted by Crippen LogP contribution is -2.23. The van der Waals surface area contributed by atoms with Crippen LogP contribution in [0.3, 0.4) is 0 Å². The maximum Gasteiger partial charge on any atom is 0.316 e. The number of nitrogens with zero attached hydrogens (tertiary/aromatic N) is 1. The summed E-state index contributed by atoms with van der Waals surface area (Å²) in [4.78, 5) is 15.4. The van der Waals surface area contributed by atoms with Gasteiger partial charge in [0, 0.05) is 17.2 Å². The predicted molar refractivity (Wildman–Crippen MR) is 55.7 cm³/mol. The van der Waals surface area contributed by atoms with Crippen LogP contribution in [0, 0.1) is 0 Å². The van der Waals surface area contributed by atoms with Crippen LogP contribution in [-0.4, -0.2) is 24.6 Å². The number of aromatic nitrogens is 1. The Balaban J connectivity index is 2.89. The monoisotopic (exact) mass is 258 g/mol. The van der Waals surface area contributed by atoms with Gasteiger partial charge in [-0.3, -0.25) is 9.78 Å². The van der Waals surface area contributed by atoms with E-state index in [2.05, 4.69) is 25.7 Å². The van der Waals surface area contributed by atoms with Crippen molar-refractivity contribution in [3.05, 3.63) is 28.5 Å². The molecule has 1 aromatic heterocycles. The van der Waals surface area contributed by atoms with Crippen molar-refractivity contribution >= 4 is 21.9 Å². The van der Waals surface area contributed by atoms with E-state index in [1.54, 1.807) is 12.3 Å². The summed E-state index contributed by atoms with van der Waals surface area (Å²) in [6.07, 6.45) is 1.63. The Bertz CT molecular complexity index is 313. The van der Waals surface area contributed by atoms with Crippen LogP contribution in [0.25, 0.3) is 0 Å². The molecule has 2 N–H and O–H groups in total. The second kappa shape index (κ2) is 5.07. The Morgan fingerprint density at radius 1 is 1.71 bits per heavy atom. The molecule has 0 aliphatic heterocycles. The first kappa shape index (κ1) is 11.1. The summed E-state index contributed by atoms with van der Waals surface area (Å²) in [5.41, 5.74) is 6.09. The maximum absolute atomic E-state index is 11.3. The van der Waals surface area contributed by atoms with Crippen molar-refractivity contribution in [2.75, 3.05) is 13.7 Å². The van der Waals surface area contributed by atoms with Gasteiger partial charge in [-0.1, -0.05) is 0 Å². The highest BCUT2D eigenvalue weighted by atomic mass is 79.9. The SMILES string of the molecule is COC(=O)C(CN)c1ccc(Br)cn1. The number of ether oxygens (including phenoxy) is 1. The molecule has 0 spiro atoms. The molecule has 0 saturated carbocycles. The maximum atomic E-state index is 11.3. The molecule has 1 rings (SSSR count). The van der Waals surface area contributed by atoms with Crippen LogP contribution in [0.5, 0.6) is 0 Å². The van der Waals surface area contributed by atoms with E-state index in [9.17, 15) is 4.79 Å². The molecule has 0 aliphatic rings. The number of pyridine rings is 1. The first-order chi connectivity index (χ1) is 6.69.